The van der Waals surface area contributed by atoms with Crippen LogP contribution in [-0.4, -0.2) is 38.6 Å². The van der Waals surface area contributed by atoms with Crippen LogP contribution >= 0.6 is 0 Å². The lowest BCUT2D eigenvalue weighted by Crippen LogP contribution is -2.33. The largest absolute Gasteiger partial charge is 0.395 e. The number of aliphatic hydroxyl groups is 1. The molecule has 0 aliphatic carbocycles. The Morgan fingerprint density at radius 1 is 1.30 bits per heavy atom. The van der Waals surface area contributed by atoms with E-state index in [1.807, 2.05) is 35.9 Å². The molecule has 23 heavy (non-hydrogen) atoms. The summed E-state index contributed by atoms with van der Waals surface area (Å²) in [5.41, 5.74) is 2.84. The van der Waals surface area contributed by atoms with E-state index in [0.29, 0.717) is 18.7 Å². The van der Waals surface area contributed by atoms with Gasteiger partial charge in [0.25, 0.3) is 5.91 Å². The maximum absolute atomic E-state index is 12.7. The second-order valence-electron chi connectivity index (χ2n) is 5.75. The standard InChI is InChI=1S/C18H25N3O2/c1-3-4-5-15-6-8-16(9-7-15)18(23)21(10-11-22)13-17-12-19-14-20(17)2/h6-9,12,14,22H,3-5,10-11,13H2,1-2H3. The van der Waals surface area contributed by atoms with Crippen molar-refractivity contribution in [3.63, 3.8) is 0 Å². The molecule has 0 radical (unpaired) electrons. The van der Waals surface area contributed by atoms with Crippen molar-refractivity contribution in [2.75, 3.05) is 13.2 Å². The molecule has 1 N–H and O–H groups in total. The first-order valence-corrected chi connectivity index (χ1v) is 8.10. The quantitative estimate of drug-likeness (QED) is 0.814. The molecule has 2 rings (SSSR count). The molecule has 0 spiro atoms. The first-order valence-electron chi connectivity index (χ1n) is 8.10. The molecule has 0 aliphatic rings. The number of carbonyl (C=O) groups excluding carboxylic acids is 1. The number of hydrogen-bond donors (Lipinski definition) is 1. The molecule has 1 aromatic heterocycles. The Balaban J connectivity index is 2.09. The molecule has 1 aromatic carbocycles. The Kier molecular flexibility index (Phi) is 6.35. The van der Waals surface area contributed by atoms with Crippen molar-refractivity contribution < 1.29 is 9.90 Å². The van der Waals surface area contributed by atoms with Crippen LogP contribution in [0.2, 0.25) is 0 Å². The van der Waals surface area contributed by atoms with Crippen LogP contribution in [0.25, 0.3) is 0 Å². The summed E-state index contributed by atoms with van der Waals surface area (Å²) in [6.07, 6.45) is 6.81. The van der Waals surface area contributed by atoms with Crippen LogP contribution in [0, 0.1) is 0 Å². The van der Waals surface area contributed by atoms with Crippen molar-refractivity contribution in [3.05, 3.63) is 53.6 Å². The van der Waals surface area contributed by atoms with Gasteiger partial charge in [0.1, 0.15) is 0 Å². The topological polar surface area (TPSA) is 58.4 Å². The second kappa shape index (κ2) is 8.48. The Morgan fingerprint density at radius 2 is 2.04 bits per heavy atom. The lowest BCUT2D eigenvalue weighted by atomic mass is 10.1. The zero-order valence-corrected chi connectivity index (χ0v) is 13.9. The van der Waals surface area contributed by atoms with Crippen molar-refractivity contribution in [1.82, 2.24) is 14.5 Å². The van der Waals surface area contributed by atoms with Crippen molar-refractivity contribution in [3.8, 4) is 0 Å². The van der Waals surface area contributed by atoms with Crippen LogP contribution in [-0.2, 0) is 20.0 Å². The van der Waals surface area contributed by atoms with Gasteiger partial charge in [-0.25, -0.2) is 4.98 Å². The number of nitrogens with zero attached hydrogens (tertiary/aromatic N) is 3. The van der Waals surface area contributed by atoms with Gasteiger partial charge in [0.15, 0.2) is 0 Å². The number of aromatic nitrogens is 2. The van der Waals surface area contributed by atoms with Gasteiger partial charge >= 0.3 is 0 Å². The van der Waals surface area contributed by atoms with E-state index >= 15 is 0 Å². The average Bonchev–Trinajstić information content (AvgIpc) is 2.97. The number of aliphatic hydroxyl groups excluding tert-OH is 1. The third kappa shape index (κ3) is 4.66. The first-order chi connectivity index (χ1) is 11.2. The molecule has 0 aliphatic heterocycles. The van der Waals surface area contributed by atoms with Crippen LogP contribution in [0.15, 0.2) is 36.8 Å². The third-order valence-corrected chi connectivity index (χ3v) is 3.95. The minimum atomic E-state index is -0.0673. The number of unbranched alkanes of at least 4 members (excludes halogenated alkanes) is 1. The maximum Gasteiger partial charge on any atom is 0.254 e. The molecular weight excluding hydrogens is 290 g/mol. The Bertz CT molecular complexity index is 619. The fraction of sp³-hybridized carbons (Fsp3) is 0.444. The predicted molar refractivity (Wildman–Crippen MR) is 90.1 cm³/mol. The van der Waals surface area contributed by atoms with Crippen LogP contribution in [0.1, 0.15) is 41.4 Å². The monoisotopic (exact) mass is 315 g/mol. The van der Waals surface area contributed by atoms with Gasteiger partial charge in [-0.2, -0.15) is 0 Å². The predicted octanol–water partition coefficient (Wildman–Crippen LogP) is 2.40. The minimum absolute atomic E-state index is 0.0574. The molecule has 0 saturated heterocycles. The molecule has 1 amide bonds. The zero-order chi connectivity index (χ0) is 16.7. The molecule has 0 unspecified atom stereocenters. The maximum atomic E-state index is 12.7. The zero-order valence-electron chi connectivity index (χ0n) is 13.9. The number of imidazole rings is 1. The summed E-state index contributed by atoms with van der Waals surface area (Å²) in [5.74, 6) is -0.0673. The van der Waals surface area contributed by atoms with Gasteiger partial charge in [-0.15, -0.1) is 0 Å². The highest BCUT2D eigenvalue weighted by atomic mass is 16.3. The number of rotatable bonds is 8. The molecule has 1 heterocycles. The second-order valence-corrected chi connectivity index (χ2v) is 5.75. The van der Waals surface area contributed by atoms with Crippen molar-refractivity contribution in [2.24, 2.45) is 7.05 Å². The summed E-state index contributed by atoms with van der Waals surface area (Å²) in [7, 11) is 1.90. The number of hydrogen-bond acceptors (Lipinski definition) is 3. The summed E-state index contributed by atoms with van der Waals surface area (Å²) in [6, 6.07) is 7.79. The van der Waals surface area contributed by atoms with E-state index in [2.05, 4.69) is 11.9 Å². The molecular formula is C18H25N3O2. The molecule has 5 nitrogen and oxygen atoms in total. The lowest BCUT2D eigenvalue weighted by Gasteiger charge is -2.22. The first kappa shape index (κ1) is 17.2. The average molecular weight is 315 g/mol. The number of carbonyl (C=O) groups is 1. The minimum Gasteiger partial charge on any atom is -0.395 e. The van der Waals surface area contributed by atoms with Crippen LogP contribution < -0.4 is 0 Å². The fourth-order valence-corrected chi connectivity index (χ4v) is 2.48. The summed E-state index contributed by atoms with van der Waals surface area (Å²) >= 11 is 0. The number of amides is 1. The highest BCUT2D eigenvalue weighted by Crippen LogP contribution is 2.12. The van der Waals surface area contributed by atoms with E-state index in [4.69, 9.17) is 0 Å². The van der Waals surface area contributed by atoms with Gasteiger partial charge < -0.3 is 14.6 Å². The van der Waals surface area contributed by atoms with Crippen LogP contribution in [0.4, 0.5) is 0 Å². The van der Waals surface area contributed by atoms with E-state index in [-0.39, 0.29) is 12.5 Å². The van der Waals surface area contributed by atoms with Crippen LogP contribution in [0.5, 0.6) is 0 Å². The smallest absolute Gasteiger partial charge is 0.254 e. The van der Waals surface area contributed by atoms with Gasteiger partial charge in [-0.05, 0) is 30.5 Å². The highest BCUT2D eigenvalue weighted by Gasteiger charge is 2.17. The lowest BCUT2D eigenvalue weighted by molar-refractivity contribution is 0.0704. The van der Waals surface area contributed by atoms with Gasteiger partial charge in [0.2, 0.25) is 0 Å². The normalized spacial score (nSPS) is 10.7. The van der Waals surface area contributed by atoms with Gasteiger partial charge in [0, 0.05) is 25.4 Å². The van der Waals surface area contributed by atoms with E-state index in [1.54, 1.807) is 17.4 Å². The number of benzene rings is 1. The van der Waals surface area contributed by atoms with Crippen molar-refractivity contribution in [1.29, 1.82) is 0 Å². The van der Waals surface area contributed by atoms with E-state index in [1.165, 1.54) is 5.56 Å². The van der Waals surface area contributed by atoms with Gasteiger partial charge in [-0.1, -0.05) is 25.5 Å². The van der Waals surface area contributed by atoms with E-state index in [0.717, 1.165) is 25.0 Å². The summed E-state index contributed by atoms with van der Waals surface area (Å²) < 4.78 is 1.88. The fourth-order valence-electron chi connectivity index (χ4n) is 2.48. The SMILES string of the molecule is CCCCc1ccc(C(=O)N(CCO)Cc2cncn2C)cc1. The van der Waals surface area contributed by atoms with Crippen LogP contribution in [0.3, 0.4) is 0 Å². The van der Waals surface area contributed by atoms with E-state index in [9.17, 15) is 9.90 Å². The molecule has 0 bridgehead atoms. The summed E-state index contributed by atoms with van der Waals surface area (Å²) in [6.45, 7) is 2.86. The Morgan fingerprint density at radius 3 is 2.61 bits per heavy atom. The highest BCUT2D eigenvalue weighted by molar-refractivity contribution is 5.94. The summed E-state index contributed by atoms with van der Waals surface area (Å²) in [5, 5.41) is 9.26. The summed E-state index contributed by atoms with van der Waals surface area (Å²) in [4.78, 5) is 18.4. The van der Waals surface area contributed by atoms with Crippen molar-refractivity contribution >= 4 is 5.91 Å². The van der Waals surface area contributed by atoms with Gasteiger partial charge in [0.05, 0.1) is 25.2 Å². The molecule has 2 aromatic rings. The molecule has 0 atom stereocenters. The molecule has 5 heteroatoms. The Hall–Kier alpha value is -2.14. The van der Waals surface area contributed by atoms with E-state index < -0.39 is 0 Å². The van der Waals surface area contributed by atoms with Crippen molar-refractivity contribution in [2.45, 2.75) is 32.7 Å². The van der Waals surface area contributed by atoms with Gasteiger partial charge in [-0.3, -0.25) is 4.79 Å². The number of aryl methyl sites for hydroxylation is 2. The molecule has 0 saturated carbocycles. The third-order valence-electron chi connectivity index (χ3n) is 3.95. The Labute approximate surface area is 137 Å². The molecule has 124 valence electrons. The molecule has 0 fully saturated rings.